The number of rotatable bonds is 5. The Labute approximate surface area is 123 Å². The molecule has 0 radical (unpaired) electrons. The number of fused-ring (bicyclic) bond motifs is 1. The Morgan fingerprint density at radius 1 is 1.33 bits per heavy atom. The molecule has 0 atom stereocenters. The van der Waals surface area contributed by atoms with Gasteiger partial charge in [-0.15, -0.1) is 0 Å². The van der Waals surface area contributed by atoms with Crippen LogP contribution in [0.4, 0.5) is 17.1 Å². The lowest BCUT2D eigenvalue weighted by Crippen LogP contribution is -2.19. The minimum Gasteiger partial charge on any atom is -0.397 e. The number of carbonyl (C=O) groups is 1. The predicted octanol–water partition coefficient (Wildman–Crippen LogP) is 1.92. The van der Waals surface area contributed by atoms with Crippen molar-refractivity contribution in [2.75, 3.05) is 22.9 Å². The summed E-state index contributed by atoms with van der Waals surface area (Å²) in [6.07, 6.45) is 6.77. The van der Waals surface area contributed by atoms with Crippen molar-refractivity contribution >= 4 is 23.0 Å². The second-order valence-corrected chi connectivity index (χ2v) is 5.21. The van der Waals surface area contributed by atoms with E-state index < -0.39 is 0 Å². The first-order chi connectivity index (χ1) is 10.2. The lowest BCUT2D eigenvalue weighted by Gasteiger charge is -2.19. The van der Waals surface area contributed by atoms with Gasteiger partial charge in [0.15, 0.2) is 0 Å². The molecule has 0 saturated heterocycles. The summed E-state index contributed by atoms with van der Waals surface area (Å²) in [6.45, 7) is 0.829. The van der Waals surface area contributed by atoms with Crippen molar-refractivity contribution in [1.29, 1.82) is 0 Å². The number of anilines is 3. The molecule has 2 aromatic rings. The number of nitrogens with zero attached hydrogens (tertiary/aromatic N) is 1. The molecule has 1 aromatic heterocycles. The predicted molar refractivity (Wildman–Crippen MR) is 83.2 cm³/mol. The van der Waals surface area contributed by atoms with Gasteiger partial charge in [-0.2, -0.15) is 0 Å². The van der Waals surface area contributed by atoms with Crippen molar-refractivity contribution in [3.8, 4) is 0 Å². The van der Waals surface area contributed by atoms with Gasteiger partial charge in [-0.05, 0) is 30.5 Å². The number of hydrogen-bond acceptors (Lipinski definition) is 4. The number of nitrogens with two attached hydrogens (primary N) is 1. The lowest BCUT2D eigenvalue weighted by atomic mass is 10.0. The molecule has 21 heavy (non-hydrogen) atoms. The number of aromatic nitrogens is 2. The van der Waals surface area contributed by atoms with Gasteiger partial charge in [-0.25, -0.2) is 4.98 Å². The summed E-state index contributed by atoms with van der Waals surface area (Å²) >= 11 is 0. The van der Waals surface area contributed by atoms with Crippen LogP contribution < -0.4 is 16.4 Å². The molecule has 110 valence electrons. The molecule has 1 aliphatic heterocycles. The van der Waals surface area contributed by atoms with E-state index in [4.69, 9.17) is 5.73 Å². The van der Waals surface area contributed by atoms with Crippen LogP contribution in [0.3, 0.4) is 0 Å². The average Bonchev–Trinajstić information content (AvgIpc) is 2.97. The van der Waals surface area contributed by atoms with Crippen LogP contribution in [0.25, 0.3) is 0 Å². The molecule has 1 amide bonds. The molecule has 6 nitrogen and oxygen atoms in total. The summed E-state index contributed by atoms with van der Waals surface area (Å²) in [6, 6.07) is 3.87. The first kappa shape index (κ1) is 13.5. The maximum Gasteiger partial charge on any atom is 0.224 e. The molecule has 1 aliphatic rings. The van der Waals surface area contributed by atoms with Crippen LogP contribution in [0, 0.1) is 0 Å². The zero-order valence-corrected chi connectivity index (χ0v) is 11.8. The zero-order chi connectivity index (χ0) is 14.7. The van der Waals surface area contributed by atoms with Crippen molar-refractivity contribution in [3.63, 3.8) is 0 Å². The van der Waals surface area contributed by atoms with Crippen LogP contribution in [0.5, 0.6) is 0 Å². The molecule has 5 N–H and O–H groups in total. The highest BCUT2D eigenvalue weighted by Crippen LogP contribution is 2.30. The first-order valence-corrected chi connectivity index (χ1v) is 7.17. The second kappa shape index (κ2) is 5.87. The highest BCUT2D eigenvalue weighted by Gasteiger charge is 2.16. The van der Waals surface area contributed by atoms with Crippen LogP contribution in [0.2, 0.25) is 0 Å². The van der Waals surface area contributed by atoms with Gasteiger partial charge < -0.3 is 21.4 Å². The molecule has 1 aromatic carbocycles. The van der Waals surface area contributed by atoms with Crippen molar-refractivity contribution in [2.24, 2.45) is 0 Å². The topological polar surface area (TPSA) is 95.8 Å². The maximum absolute atomic E-state index is 11.4. The van der Waals surface area contributed by atoms with Crippen molar-refractivity contribution in [2.45, 2.75) is 25.7 Å². The molecular formula is C15H19N5O. The third-order valence-corrected chi connectivity index (χ3v) is 3.63. The lowest BCUT2D eigenvalue weighted by molar-refractivity contribution is -0.116. The maximum atomic E-state index is 11.4. The Morgan fingerprint density at radius 2 is 2.24 bits per heavy atom. The Bertz CT molecular complexity index is 636. The van der Waals surface area contributed by atoms with Gasteiger partial charge in [0.05, 0.1) is 11.4 Å². The van der Waals surface area contributed by atoms with E-state index in [1.807, 2.05) is 18.3 Å². The van der Waals surface area contributed by atoms with Crippen molar-refractivity contribution < 1.29 is 4.79 Å². The number of nitrogen functional groups attached to an aromatic ring is 1. The summed E-state index contributed by atoms with van der Waals surface area (Å²) in [5.74, 6) is 1.05. The molecule has 0 unspecified atom stereocenters. The summed E-state index contributed by atoms with van der Waals surface area (Å²) in [4.78, 5) is 18.7. The fourth-order valence-corrected chi connectivity index (χ4v) is 2.51. The number of H-pyrrole nitrogens is 1. The summed E-state index contributed by atoms with van der Waals surface area (Å²) < 4.78 is 0. The average molecular weight is 285 g/mol. The standard InChI is InChI=1S/C15H19N5O/c16-11-9-12-10(3-4-15(21)20-12)8-13(11)17-5-1-2-14-18-6-7-19-14/h6-9,17H,1-5,16H2,(H,18,19)(H,20,21). The number of carbonyl (C=O) groups excluding carboxylic acids is 1. The van der Waals surface area contributed by atoms with E-state index in [0.29, 0.717) is 12.1 Å². The normalized spacial score (nSPS) is 13.6. The van der Waals surface area contributed by atoms with E-state index >= 15 is 0 Å². The van der Waals surface area contributed by atoms with E-state index in [9.17, 15) is 4.79 Å². The Balaban J connectivity index is 1.59. The van der Waals surface area contributed by atoms with Crippen LogP contribution in [-0.2, 0) is 17.6 Å². The van der Waals surface area contributed by atoms with Gasteiger partial charge >= 0.3 is 0 Å². The van der Waals surface area contributed by atoms with Gasteiger partial charge in [0.1, 0.15) is 5.82 Å². The van der Waals surface area contributed by atoms with Gasteiger partial charge in [-0.1, -0.05) is 0 Å². The number of aromatic amines is 1. The monoisotopic (exact) mass is 285 g/mol. The highest BCUT2D eigenvalue weighted by molar-refractivity contribution is 5.95. The third-order valence-electron chi connectivity index (χ3n) is 3.63. The van der Waals surface area contributed by atoms with Gasteiger partial charge in [0.2, 0.25) is 5.91 Å². The molecule has 0 saturated carbocycles. The number of hydrogen-bond donors (Lipinski definition) is 4. The zero-order valence-electron chi connectivity index (χ0n) is 11.8. The minimum absolute atomic E-state index is 0.0565. The van der Waals surface area contributed by atoms with E-state index in [0.717, 1.165) is 48.6 Å². The number of amides is 1. The molecule has 0 aliphatic carbocycles. The van der Waals surface area contributed by atoms with E-state index in [2.05, 4.69) is 20.6 Å². The quantitative estimate of drug-likeness (QED) is 0.498. The molecular weight excluding hydrogens is 266 g/mol. The van der Waals surface area contributed by atoms with Crippen LogP contribution in [0.15, 0.2) is 24.5 Å². The Hall–Kier alpha value is -2.50. The fraction of sp³-hybridized carbons (Fsp3) is 0.333. The van der Waals surface area contributed by atoms with E-state index in [-0.39, 0.29) is 5.91 Å². The summed E-state index contributed by atoms with van der Waals surface area (Å²) in [5, 5.41) is 6.21. The van der Waals surface area contributed by atoms with Gasteiger partial charge in [0, 0.05) is 37.5 Å². The minimum atomic E-state index is 0.0565. The molecule has 0 spiro atoms. The van der Waals surface area contributed by atoms with E-state index in [1.54, 1.807) is 6.20 Å². The summed E-state index contributed by atoms with van der Waals surface area (Å²) in [7, 11) is 0. The van der Waals surface area contributed by atoms with Crippen molar-refractivity contribution in [3.05, 3.63) is 35.9 Å². The van der Waals surface area contributed by atoms with Gasteiger partial charge in [-0.3, -0.25) is 4.79 Å². The van der Waals surface area contributed by atoms with Crippen LogP contribution in [-0.4, -0.2) is 22.4 Å². The Morgan fingerprint density at radius 3 is 3.05 bits per heavy atom. The highest BCUT2D eigenvalue weighted by atomic mass is 16.1. The molecule has 3 rings (SSSR count). The second-order valence-electron chi connectivity index (χ2n) is 5.21. The largest absolute Gasteiger partial charge is 0.397 e. The number of benzene rings is 1. The number of aryl methyl sites for hydroxylation is 2. The summed E-state index contributed by atoms with van der Waals surface area (Å²) in [5.41, 5.74) is 9.60. The van der Waals surface area contributed by atoms with Crippen LogP contribution in [0.1, 0.15) is 24.2 Å². The first-order valence-electron chi connectivity index (χ1n) is 7.17. The van der Waals surface area contributed by atoms with E-state index in [1.165, 1.54) is 0 Å². The van der Waals surface area contributed by atoms with Gasteiger partial charge in [0.25, 0.3) is 0 Å². The molecule has 2 heterocycles. The smallest absolute Gasteiger partial charge is 0.224 e. The number of nitrogens with one attached hydrogen (secondary N) is 3. The van der Waals surface area contributed by atoms with Crippen LogP contribution >= 0.6 is 0 Å². The molecule has 0 fully saturated rings. The van der Waals surface area contributed by atoms with Crippen molar-refractivity contribution in [1.82, 2.24) is 9.97 Å². The number of imidazole rings is 1. The third kappa shape index (κ3) is 3.16. The SMILES string of the molecule is Nc1cc2c(cc1NCCCc1ncc[nH]1)CCC(=O)N2. The molecule has 6 heteroatoms. The fourth-order valence-electron chi connectivity index (χ4n) is 2.51. The Kier molecular flexibility index (Phi) is 3.77. The molecule has 0 bridgehead atoms.